The summed E-state index contributed by atoms with van der Waals surface area (Å²) < 4.78 is 0. The molecule has 6 heteroatoms. The average molecular weight is 340 g/mol. The highest BCUT2D eigenvalue weighted by Crippen LogP contribution is 2.14. The van der Waals surface area contributed by atoms with E-state index in [4.69, 9.17) is 0 Å². The number of hydrogen-bond acceptors (Lipinski definition) is 4. The third-order valence-corrected chi connectivity index (χ3v) is 4.40. The lowest BCUT2D eigenvalue weighted by Gasteiger charge is -2.23. The molecule has 0 aliphatic heterocycles. The highest BCUT2D eigenvalue weighted by molar-refractivity contribution is 7.13. The van der Waals surface area contributed by atoms with Gasteiger partial charge in [0.1, 0.15) is 0 Å². The Morgan fingerprint density at radius 3 is 2.65 bits per heavy atom. The summed E-state index contributed by atoms with van der Waals surface area (Å²) in [6, 6.07) is 0. The molecule has 5 nitrogen and oxygen atoms in total. The molecule has 2 amide bonds. The van der Waals surface area contributed by atoms with Gasteiger partial charge in [0.15, 0.2) is 5.13 Å². The normalized spacial score (nSPS) is 10.8. The number of aryl methyl sites for hydroxylation is 1. The Bertz CT molecular complexity index is 500. The molecule has 0 radical (unpaired) electrons. The maximum Gasteiger partial charge on any atom is 0.245 e. The van der Waals surface area contributed by atoms with Crippen LogP contribution >= 0.6 is 11.3 Å². The Morgan fingerprint density at radius 2 is 2.09 bits per heavy atom. The van der Waals surface area contributed by atoms with E-state index >= 15 is 0 Å². The molecule has 0 aromatic carbocycles. The summed E-state index contributed by atoms with van der Waals surface area (Å²) in [5, 5.41) is 5.26. The van der Waals surface area contributed by atoms with E-state index in [0.29, 0.717) is 24.0 Å². The second kappa shape index (κ2) is 10.4. The van der Waals surface area contributed by atoms with Crippen molar-refractivity contribution in [3.8, 4) is 0 Å². The highest BCUT2D eigenvalue weighted by Gasteiger charge is 2.17. The van der Waals surface area contributed by atoms with Crippen molar-refractivity contribution in [1.29, 1.82) is 0 Å². The first kappa shape index (κ1) is 19.6. The summed E-state index contributed by atoms with van der Waals surface area (Å²) in [7, 11) is 0. The molecule has 0 bridgehead atoms. The van der Waals surface area contributed by atoms with E-state index in [1.54, 1.807) is 4.90 Å². The molecule has 1 rings (SSSR count). The summed E-state index contributed by atoms with van der Waals surface area (Å²) in [6.07, 6.45) is 4.46. The van der Waals surface area contributed by atoms with Crippen LogP contribution in [0.4, 0.5) is 5.13 Å². The highest BCUT2D eigenvalue weighted by atomic mass is 32.1. The SMILES string of the molecule is CCCCCC(=O)N(CCC(C)C)CC(=O)Nc1nc(C)cs1. The zero-order valence-corrected chi connectivity index (χ0v) is 15.5. The molecule has 0 saturated heterocycles. The Hall–Kier alpha value is -1.43. The van der Waals surface area contributed by atoms with Crippen LogP contribution in [0.3, 0.4) is 0 Å². The molecule has 0 spiro atoms. The molecule has 1 heterocycles. The van der Waals surface area contributed by atoms with Gasteiger partial charge in [-0.05, 0) is 25.7 Å². The number of thiazole rings is 1. The third kappa shape index (κ3) is 8.11. The van der Waals surface area contributed by atoms with Crippen LogP contribution in [0.25, 0.3) is 0 Å². The number of hydrogen-bond donors (Lipinski definition) is 1. The van der Waals surface area contributed by atoms with Gasteiger partial charge in [-0.25, -0.2) is 4.98 Å². The summed E-state index contributed by atoms with van der Waals surface area (Å²) >= 11 is 1.40. The zero-order valence-electron chi connectivity index (χ0n) is 14.7. The summed E-state index contributed by atoms with van der Waals surface area (Å²) in [5.74, 6) is 0.405. The van der Waals surface area contributed by atoms with Gasteiger partial charge in [-0.3, -0.25) is 9.59 Å². The minimum absolute atomic E-state index is 0.0737. The summed E-state index contributed by atoms with van der Waals surface area (Å²) in [5.41, 5.74) is 0.887. The minimum atomic E-state index is -0.174. The Kier molecular flexibility index (Phi) is 8.84. The van der Waals surface area contributed by atoms with Crippen LogP contribution in [0.5, 0.6) is 0 Å². The van der Waals surface area contributed by atoms with Crippen LogP contribution in [-0.2, 0) is 9.59 Å². The molecule has 23 heavy (non-hydrogen) atoms. The van der Waals surface area contributed by atoms with Gasteiger partial charge in [-0.1, -0.05) is 33.6 Å². The molecule has 1 N–H and O–H groups in total. The monoisotopic (exact) mass is 339 g/mol. The van der Waals surface area contributed by atoms with Crippen LogP contribution < -0.4 is 5.32 Å². The van der Waals surface area contributed by atoms with Gasteiger partial charge in [0, 0.05) is 18.3 Å². The molecule has 0 aliphatic carbocycles. The Balaban J connectivity index is 2.55. The van der Waals surface area contributed by atoms with Crippen molar-refractivity contribution in [1.82, 2.24) is 9.88 Å². The predicted octanol–water partition coefficient (Wildman–Crippen LogP) is 3.85. The van der Waals surface area contributed by atoms with Crippen molar-refractivity contribution < 1.29 is 9.59 Å². The van der Waals surface area contributed by atoms with Crippen LogP contribution in [0.15, 0.2) is 5.38 Å². The van der Waals surface area contributed by atoms with E-state index in [1.807, 2.05) is 12.3 Å². The van der Waals surface area contributed by atoms with Gasteiger partial charge in [0.2, 0.25) is 11.8 Å². The van der Waals surface area contributed by atoms with E-state index in [-0.39, 0.29) is 18.4 Å². The fourth-order valence-electron chi connectivity index (χ4n) is 2.13. The molecule has 130 valence electrons. The quantitative estimate of drug-likeness (QED) is 0.659. The maximum absolute atomic E-state index is 12.4. The molecule has 0 fully saturated rings. The largest absolute Gasteiger partial charge is 0.333 e. The first-order valence-electron chi connectivity index (χ1n) is 8.42. The van der Waals surface area contributed by atoms with Gasteiger partial charge < -0.3 is 10.2 Å². The van der Waals surface area contributed by atoms with Crippen LogP contribution in [0.1, 0.15) is 58.6 Å². The average Bonchev–Trinajstić information content (AvgIpc) is 2.88. The number of amides is 2. The molecular formula is C17H29N3O2S. The van der Waals surface area contributed by atoms with Crippen LogP contribution in [0, 0.1) is 12.8 Å². The fourth-order valence-corrected chi connectivity index (χ4v) is 2.84. The van der Waals surface area contributed by atoms with Crippen molar-refractivity contribution >= 4 is 28.3 Å². The van der Waals surface area contributed by atoms with Gasteiger partial charge >= 0.3 is 0 Å². The number of carbonyl (C=O) groups is 2. The predicted molar refractivity (Wildman–Crippen MR) is 95.7 cm³/mol. The van der Waals surface area contributed by atoms with Crippen molar-refractivity contribution in [3.63, 3.8) is 0 Å². The molecule has 1 aromatic rings. The number of unbranched alkanes of at least 4 members (excludes halogenated alkanes) is 2. The van der Waals surface area contributed by atoms with Crippen LogP contribution in [-0.4, -0.2) is 34.8 Å². The number of nitrogens with zero attached hydrogens (tertiary/aromatic N) is 2. The topological polar surface area (TPSA) is 62.3 Å². The number of anilines is 1. The van der Waals surface area contributed by atoms with Crippen molar-refractivity contribution in [2.75, 3.05) is 18.4 Å². The molecule has 0 atom stereocenters. The number of carbonyl (C=O) groups excluding carboxylic acids is 2. The number of rotatable bonds is 10. The second-order valence-corrected chi connectivity index (χ2v) is 7.16. The van der Waals surface area contributed by atoms with E-state index in [2.05, 4.69) is 31.1 Å². The van der Waals surface area contributed by atoms with E-state index < -0.39 is 0 Å². The lowest BCUT2D eigenvalue weighted by Crippen LogP contribution is -2.39. The minimum Gasteiger partial charge on any atom is -0.333 e. The van der Waals surface area contributed by atoms with E-state index in [1.165, 1.54) is 11.3 Å². The molecule has 0 aliphatic rings. The van der Waals surface area contributed by atoms with Crippen LogP contribution in [0.2, 0.25) is 0 Å². The number of aromatic nitrogens is 1. The van der Waals surface area contributed by atoms with Gasteiger partial charge in [-0.2, -0.15) is 0 Å². The smallest absolute Gasteiger partial charge is 0.245 e. The van der Waals surface area contributed by atoms with Crippen molar-refractivity contribution in [2.45, 2.75) is 59.8 Å². The Labute approximate surface area is 143 Å². The van der Waals surface area contributed by atoms with Crippen molar-refractivity contribution in [3.05, 3.63) is 11.1 Å². The molecule has 0 unspecified atom stereocenters. The molecular weight excluding hydrogens is 310 g/mol. The molecule has 0 saturated carbocycles. The summed E-state index contributed by atoms with van der Waals surface area (Å²) in [6.45, 7) is 8.99. The first-order chi connectivity index (χ1) is 10.9. The third-order valence-electron chi connectivity index (χ3n) is 3.52. The number of nitrogens with one attached hydrogen (secondary N) is 1. The standard InChI is InChI=1S/C17H29N3O2S/c1-5-6-7-8-16(22)20(10-9-13(2)3)11-15(21)19-17-18-14(4)12-23-17/h12-13H,5-11H2,1-4H3,(H,18,19,21). The maximum atomic E-state index is 12.4. The molecule has 1 aromatic heterocycles. The van der Waals surface area contributed by atoms with E-state index in [9.17, 15) is 9.59 Å². The van der Waals surface area contributed by atoms with E-state index in [0.717, 1.165) is 31.4 Å². The van der Waals surface area contributed by atoms with Crippen molar-refractivity contribution in [2.24, 2.45) is 5.92 Å². The van der Waals surface area contributed by atoms with Gasteiger partial charge in [0.05, 0.1) is 12.2 Å². The first-order valence-corrected chi connectivity index (χ1v) is 9.30. The van der Waals surface area contributed by atoms with Gasteiger partial charge in [-0.15, -0.1) is 11.3 Å². The summed E-state index contributed by atoms with van der Waals surface area (Å²) in [4.78, 5) is 30.4. The Morgan fingerprint density at radius 1 is 1.35 bits per heavy atom. The zero-order chi connectivity index (χ0) is 17.2. The second-order valence-electron chi connectivity index (χ2n) is 6.30. The lowest BCUT2D eigenvalue weighted by atomic mass is 10.1. The fraction of sp³-hybridized carbons (Fsp3) is 0.706. The van der Waals surface area contributed by atoms with Gasteiger partial charge in [0.25, 0.3) is 0 Å². The lowest BCUT2D eigenvalue weighted by molar-refractivity contribution is -0.135.